The van der Waals surface area contributed by atoms with Crippen LogP contribution in [-0.4, -0.2) is 18.2 Å². The third-order valence-corrected chi connectivity index (χ3v) is 1.70. The molecule has 0 aromatic carbocycles. The van der Waals surface area contributed by atoms with Crippen molar-refractivity contribution in [1.82, 2.24) is 10.3 Å². The molecule has 1 atom stereocenters. The molecular weight excluding hydrogens is 168 g/mol. The topological polar surface area (TPSA) is 51.2 Å². The van der Waals surface area contributed by atoms with Crippen LogP contribution in [-0.2, 0) is 4.74 Å². The van der Waals surface area contributed by atoms with Gasteiger partial charge in [-0.15, -0.1) is 0 Å². The number of nitrogens with one attached hydrogen (secondary N) is 1. The molecule has 0 aliphatic heterocycles. The highest BCUT2D eigenvalue weighted by Crippen LogP contribution is 2.09. The number of ether oxygens (including phenoxy) is 1. The molecule has 1 N–H and O–H groups in total. The van der Waals surface area contributed by atoms with Crippen LogP contribution in [0.1, 0.15) is 18.5 Å². The summed E-state index contributed by atoms with van der Waals surface area (Å²) in [5, 5.41) is 2.64. The van der Waals surface area contributed by atoms with Crippen LogP contribution in [0.4, 0.5) is 4.79 Å². The summed E-state index contributed by atoms with van der Waals surface area (Å²) in [6.07, 6.45) is 2.96. The molecule has 1 aromatic rings. The fourth-order valence-corrected chi connectivity index (χ4v) is 0.951. The molecule has 0 bridgehead atoms. The fraction of sp³-hybridized carbons (Fsp3) is 0.333. The summed E-state index contributed by atoms with van der Waals surface area (Å²) in [6.45, 7) is 1.87. The van der Waals surface area contributed by atoms with Crippen LogP contribution in [0.3, 0.4) is 0 Å². The van der Waals surface area contributed by atoms with Gasteiger partial charge in [-0.25, -0.2) is 4.79 Å². The van der Waals surface area contributed by atoms with Gasteiger partial charge in [0.2, 0.25) is 0 Å². The molecule has 4 heteroatoms. The molecule has 0 spiro atoms. The van der Waals surface area contributed by atoms with Crippen molar-refractivity contribution in [3.63, 3.8) is 0 Å². The normalized spacial score (nSPS) is 11.8. The predicted molar refractivity (Wildman–Crippen MR) is 48.2 cm³/mol. The van der Waals surface area contributed by atoms with E-state index in [4.69, 9.17) is 0 Å². The Morgan fingerprint density at radius 3 is 3.00 bits per heavy atom. The van der Waals surface area contributed by atoms with Crippen molar-refractivity contribution in [2.24, 2.45) is 0 Å². The Morgan fingerprint density at radius 2 is 2.46 bits per heavy atom. The molecule has 1 aromatic heterocycles. The molecular formula is C9H12N2O2. The van der Waals surface area contributed by atoms with E-state index in [1.165, 1.54) is 7.11 Å². The second-order valence-electron chi connectivity index (χ2n) is 2.64. The maximum atomic E-state index is 10.8. The Kier molecular flexibility index (Phi) is 3.25. The minimum atomic E-state index is -0.434. The van der Waals surface area contributed by atoms with E-state index in [9.17, 15) is 4.79 Å². The lowest BCUT2D eigenvalue weighted by molar-refractivity contribution is 0.167. The lowest BCUT2D eigenvalue weighted by atomic mass is 10.1. The average Bonchev–Trinajstić information content (AvgIpc) is 2.19. The van der Waals surface area contributed by atoms with Crippen molar-refractivity contribution < 1.29 is 9.53 Å². The highest BCUT2D eigenvalue weighted by Gasteiger charge is 2.08. The number of hydrogen-bond donors (Lipinski definition) is 1. The van der Waals surface area contributed by atoms with Crippen LogP contribution >= 0.6 is 0 Å². The quantitative estimate of drug-likeness (QED) is 0.750. The Bertz CT molecular complexity index is 274. The Labute approximate surface area is 76.9 Å². The third-order valence-electron chi connectivity index (χ3n) is 1.70. The minimum Gasteiger partial charge on any atom is -0.453 e. The zero-order chi connectivity index (χ0) is 9.68. The van der Waals surface area contributed by atoms with E-state index in [0.717, 1.165) is 5.56 Å². The van der Waals surface area contributed by atoms with E-state index in [-0.39, 0.29) is 6.04 Å². The summed E-state index contributed by atoms with van der Waals surface area (Å²) in [6, 6.07) is 3.64. The molecule has 0 saturated heterocycles. The average molecular weight is 180 g/mol. The number of hydrogen-bond acceptors (Lipinski definition) is 3. The summed E-state index contributed by atoms with van der Waals surface area (Å²) in [5.41, 5.74) is 0.952. The van der Waals surface area contributed by atoms with E-state index in [1.54, 1.807) is 12.4 Å². The molecule has 1 rings (SSSR count). The second-order valence-corrected chi connectivity index (χ2v) is 2.64. The number of carbonyl (C=O) groups excluding carboxylic acids is 1. The van der Waals surface area contributed by atoms with Gasteiger partial charge >= 0.3 is 6.09 Å². The van der Waals surface area contributed by atoms with Crippen molar-refractivity contribution >= 4 is 6.09 Å². The molecule has 4 nitrogen and oxygen atoms in total. The van der Waals surface area contributed by atoms with Gasteiger partial charge in [-0.3, -0.25) is 4.98 Å². The molecule has 1 heterocycles. The summed E-state index contributed by atoms with van der Waals surface area (Å²) in [4.78, 5) is 14.8. The van der Waals surface area contributed by atoms with Gasteiger partial charge < -0.3 is 10.1 Å². The molecule has 0 aliphatic carbocycles. The van der Waals surface area contributed by atoms with E-state index < -0.39 is 6.09 Å². The van der Waals surface area contributed by atoms with Crippen molar-refractivity contribution in [2.75, 3.05) is 7.11 Å². The van der Waals surface area contributed by atoms with E-state index in [1.807, 2.05) is 19.1 Å². The molecule has 0 unspecified atom stereocenters. The van der Waals surface area contributed by atoms with Crippen LogP contribution in [0.5, 0.6) is 0 Å². The molecule has 13 heavy (non-hydrogen) atoms. The highest BCUT2D eigenvalue weighted by atomic mass is 16.5. The number of rotatable bonds is 2. The van der Waals surface area contributed by atoms with Crippen molar-refractivity contribution in [3.05, 3.63) is 30.1 Å². The number of nitrogens with zero attached hydrogens (tertiary/aromatic N) is 1. The molecule has 0 radical (unpaired) electrons. The number of pyridine rings is 1. The van der Waals surface area contributed by atoms with Crippen molar-refractivity contribution in [3.8, 4) is 0 Å². The largest absolute Gasteiger partial charge is 0.453 e. The first kappa shape index (κ1) is 9.51. The summed E-state index contributed by atoms with van der Waals surface area (Å²) in [7, 11) is 1.34. The van der Waals surface area contributed by atoms with Crippen LogP contribution in [0, 0.1) is 0 Å². The summed E-state index contributed by atoms with van der Waals surface area (Å²) in [5.74, 6) is 0. The maximum Gasteiger partial charge on any atom is 0.407 e. The molecule has 1 amide bonds. The number of carbonyl (C=O) groups is 1. The van der Waals surface area contributed by atoms with Crippen LogP contribution < -0.4 is 5.32 Å². The zero-order valence-electron chi connectivity index (χ0n) is 7.65. The highest BCUT2D eigenvalue weighted by molar-refractivity contribution is 5.67. The van der Waals surface area contributed by atoms with Gasteiger partial charge in [0.05, 0.1) is 13.2 Å². The number of aromatic nitrogens is 1. The first-order valence-corrected chi connectivity index (χ1v) is 3.98. The van der Waals surface area contributed by atoms with Crippen molar-refractivity contribution in [1.29, 1.82) is 0 Å². The lowest BCUT2D eigenvalue weighted by Gasteiger charge is -2.11. The second kappa shape index (κ2) is 4.45. The smallest absolute Gasteiger partial charge is 0.407 e. The minimum absolute atomic E-state index is 0.0823. The van der Waals surface area contributed by atoms with Crippen LogP contribution in [0.15, 0.2) is 24.5 Å². The fourth-order valence-electron chi connectivity index (χ4n) is 0.951. The third kappa shape index (κ3) is 2.74. The Balaban J connectivity index is 2.59. The number of methoxy groups -OCH3 is 1. The van der Waals surface area contributed by atoms with Gasteiger partial charge in [-0.05, 0) is 18.6 Å². The Morgan fingerprint density at radius 1 is 1.69 bits per heavy atom. The molecule has 0 aliphatic rings. The number of amides is 1. The van der Waals surface area contributed by atoms with Gasteiger partial charge in [0.15, 0.2) is 0 Å². The first-order chi connectivity index (χ1) is 6.24. The monoisotopic (exact) mass is 180 g/mol. The summed E-state index contributed by atoms with van der Waals surface area (Å²) >= 11 is 0. The number of alkyl carbamates (subject to hydrolysis) is 1. The Hall–Kier alpha value is -1.58. The molecule has 0 fully saturated rings. The summed E-state index contributed by atoms with van der Waals surface area (Å²) < 4.78 is 4.47. The van der Waals surface area contributed by atoms with Gasteiger partial charge in [0, 0.05) is 12.4 Å². The van der Waals surface area contributed by atoms with Gasteiger partial charge in [0.25, 0.3) is 0 Å². The van der Waals surface area contributed by atoms with E-state index in [0.29, 0.717) is 0 Å². The lowest BCUT2D eigenvalue weighted by Crippen LogP contribution is -2.26. The predicted octanol–water partition coefficient (Wildman–Crippen LogP) is 1.50. The van der Waals surface area contributed by atoms with Gasteiger partial charge in [0.1, 0.15) is 0 Å². The zero-order valence-corrected chi connectivity index (χ0v) is 7.65. The standard InChI is InChI=1S/C9H12N2O2/c1-7(11-9(12)13-2)8-4-3-5-10-6-8/h3-7H,1-2H3,(H,11,12)/t7-/m1/s1. The van der Waals surface area contributed by atoms with Crippen molar-refractivity contribution in [2.45, 2.75) is 13.0 Å². The van der Waals surface area contributed by atoms with Gasteiger partial charge in [-0.2, -0.15) is 0 Å². The van der Waals surface area contributed by atoms with Crippen LogP contribution in [0.25, 0.3) is 0 Å². The first-order valence-electron chi connectivity index (χ1n) is 3.98. The molecule has 0 saturated carbocycles. The molecule has 70 valence electrons. The maximum absolute atomic E-state index is 10.8. The van der Waals surface area contributed by atoms with E-state index >= 15 is 0 Å². The van der Waals surface area contributed by atoms with E-state index in [2.05, 4.69) is 15.0 Å². The van der Waals surface area contributed by atoms with Gasteiger partial charge in [-0.1, -0.05) is 6.07 Å². The SMILES string of the molecule is COC(=O)N[C@H](C)c1cccnc1. The van der Waals surface area contributed by atoms with Crippen LogP contribution in [0.2, 0.25) is 0 Å².